The van der Waals surface area contributed by atoms with Crippen LogP contribution in [0.25, 0.3) is 0 Å². The van der Waals surface area contributed by atoms with E-state index >= 15 is 0 Å². The molecule has 0 saturated heterocycles. The molecule has 0 aromatic heterocycles. The summed E-state index contributed by atoms with van der Waals surface area (Å²) in [6.07, 6.45) is 2.27. The predicted octanol–water partition coefficient (Wildman–Crippen LogP) is 4.11. The van der Waals surface area contributed by atoms with Crippen LogP contribution in [0.2, 0.25) is 0 Å². The van der Waals surface area contributed by atoms with Crippen molar-refractivity contribution in [3.63, 3.8) is 0 Å². The molecule has 1 rings (SSSR count). The van der Waals surface area contributed by atoms with Crippen molar-refractivity contribution in [2.75, 3.05) is 0 Å². The fraction of sp³-hybridized carbons (Fsp3) is 0.462. The van der Waals surface area contributed by atoms with Gasteiger partial charge in [-0.3, -0.25) is 0 Å². The minimum atomic E-state index is 0.0762. The van der Waals surface area contributed by atoms with Gasteiger partial charge in [0.2, 0.25) is 0 Å². The largest absolute Gasteiger partial charge is 0.197 e. The number of nitriles is 1. The van der Waals surface area contributed by atoms with Crippen molar-refractivity contribution in [2.24, 2.45) is 5.92 Å². The van der Waals surface area contributed by atoms with Crippen LogP contribution in [0.4, 0.5) is 0 Å². The van der Waals surface area contributed by atoms with Crippen LogP contribution >= 0.6 is 11.8 Å². The van der Waals surface area contributed by atoms with E-state index < -0.39 is 0 Å². The van der Waals surface area contributed by atoms with E-state index in [1.807, 2.05) is 18.2 Å². The Morgan fingerprint density at radius 2 is 2.00 bits per heavy atom. The Labute approximate surface area is 96.5 Å². The third-order valence-corrected chi connectivity index (χ3v) is 3.76. The molecule has 1 nitrogen and oxygen atoms in total. The van der Waals surface area contributed by atoms with E-state index in [0.29, 0.717) is 5.92 Å². The number of benzene rings is 1. The van der Waals surface area contributed by atoms with E-state index in [2.05, 4.69) is 32.0 Å². The molecule has 0 radical (unpaired) electrons. The first-order valence-electron chi connectivity index (χ1n) is 5.39. The molecule has 0 aliphatic heterocycles. The second-order valence-electron chi connectivity index (χ2n) is 3.75. The smallest absolute Gasteiger partial charge is 0.0989 e. The van der Waals surface area contributed by atoms with Gasteiger partial charge in [0.15, 0.2) is 0 Å². The van der Waals surface area contributed by atoms with E-state index in [9.17, 15) is 0 Å². The maximum absolute atomic E-state index is 9.11. The van der Waals surface area contributed by atoms with Crippen LogP contribution in [0.5, 0.6) is 0 Å². The number of hydrogen-bond acceptors (Lipinski definition) is 2. The summed E-state index contributed by atoms with van der Waals surface area (Å²) in [4.78, 5) is 1.19. The molecule has 0 saturated carbocycles. The molecule has 0 bridgehead atoms. The second-order valence-corrected chi connectivity index (χ2v) is 4.96. The van der Waals surface area contributed by atoms with Gasteiger partial charge in [-0.1, -0.05) is 38.5 Å². The van der Waals surface area contributed by atoms with Crippen LogP contribution < -0.4 is 0 Å². The zero-order valence-corrected chi connectivity index (χ0v) is 10.1. The highest BCUT2D eigenvalue weighted by Crippen LogP contribution is 2.29. The lowest BCUT2D eigenvalue weighted by atomic mass is 10.0. The highest BCUT2D eigenvalue weighted by atomic mass is 32.2. The Bertz CT molecular complexity index is 315. The number of rotatable bonds is 5. The van der Waals surface area contributed by atoms with Crippen molar-refractivity contribution >= 4 is 11.8 Å². The first-order chi connectivity index (χ1) is 7.27. The third kappa shape index (κ3) is 3.97. The molecule has 2 atom stereocenters. The summed E-state index contributed by atoms with van der Waals surface area (Å²) in [5.41, 5.74) is 0. The molecule has 15 heavy (non-hydrogen) atoms. The molecule has 0 spiro atoms. The average Bonchev–Trinajstić information content (AvgIpc) is 2.27. The zero-order valence-electron chi connectivity index (χ0n) is 9.31. The number of thioether (sulfide) groups is 1. The molecule has 0 fully saturated rings. The van der Waals surface area contributed by atoms with E-state index in [4.69, 9.17) is 5.26 Å². The molecule has 80 valence electrons. The van der Waals surface area contributed by atoms with Gasteiger partial charge in [-0.2, -0.15) is 5.26 Å². The van der Waals surface area contributed by atoms with E-state index in [1.54, 1.807) is 11.8 Å². The van der Waals surface area contributed by atoms with Crippen molar-refractivity contribution in [1.82, 2.24) is 0 Å². The Morgan fingerprint density at radius 1 is 1.33 bits per heavy atom. The van der Waals surface area contributed by atoms with Crippen molar-refractivity contribution in [3.05, 3.63) is 30.3 Å². The molecule has 0 aliphatic carbocycles. The maximum atomic E-state index is 9.11. The Balaban J connectivity index is 2.59. The third-order valence-electron chi connectivity index (χ3n) is 2.39. The minimum absolute atomic E-state index is 0.0762. The highest BCUT2D eigenvalue weighted by molar-refractivity contribution is 8.00. The van der Waals surface area contributed by atoms with E-state index in [1.165, 1.54) is 4.90 Å². The lowest BCUT2D eigenvalue weighted by Gasteiger charge is -2.16. The molecule has 1 aromatic carbocycles. The number of hydrogen-bond donors (Lipinski definition) is 0. The van der Waals surface area contributed by atoms with Gasteiger partial charge in [0.1, 0.15) is 0 Å². The van der Waals surface area contributed by atoms with Crippen LogP contribution in [-0.2, 0) is 0 Å². The summed E-state index contributed by atoms with van der Waals surface area (Å²) >= 11 is 1.68. The molecule has 0 aliphatic rings. The molecular formula is C13H17NS. The Kier molecular flexibility index (Phi) is 5.28. The lowest BCUT2D eigenvalue weighted by Crippen LogP contribution is -2.11. The minimum Gasteiger partial charge on any atom is -0.197 e. The lowest BCUT2D eigenvalue weighted by molar-refractivity contribution is 0.546. The topological polar surface area (TPSA) is 23.8 Å². The standard InChI is InChI=1S/C13H17NS/c1-3-7-11(2)13(10-14)15-12-8-5-4-6-9-12/h4-6,8-9,11,13H,3,7H2,1-2H3. The molecule has 0 N–H and O–H groups in total. The van der Waals surface area contributed by atoms with Crippen molar-refractivity contribution in [2.45, 2.75) is 36.8 Å². The van der Waals surface area contributed by atoms with Crippen LogP contribution in [-0.4, -0.2) is 5.25 Å². The Hall–Kier alpha value is -0.940. The summed E-state index contributed by atoms with van der Waals surface area (Å²) in [5, 5.41) is 9.19. The van der Waals surface area contributed by atoms with E-state index in [-0.39, 0.29) is 5.25 Å². The molecular weight excluding hydrogens is 202 g/mol. The summed E-state index contributed by atoms with van der Waals surface area (Å²) in [6, 6.07) is 12.6. The summed E-state index contributed by atoms with van der Waals surface area (Å²) in [7, 11) is 0. The van der Waals surface area contributed by atoms with Crippen molar-refractivity contribution < 1.29 is 0 Å². The first-order valence-corrected chi connectivity index (χ1v) is 6.27. The zero-order chi connectivity index (χ0) is 11.1. The summed E-state index contributed by atoms with van der Waals surface area (Å²) in [5.74, 6) is 0.463. The van der Waals surface area contributed by atoms with Gasteiger partial charge < -0.3 is 0 Å². The van der Waals surface area contributed by atoms with Crippen LogP contribution in [0, 0.1) is 17.2 Å². The second kappa shape index (κ2) is 6.53. The van der Waals surface area contributed by atoms with Gasteiger partial charge in [-0.15, -0.1) is 11.8 Å². The molecule has 2 unspecified atom stereocenters. The van der Waals surface area contributed by atoms with Crippen LogP contribution in [0.1, 0.15) is 26.7 Å². The van der Waals surface area contributed by atoms with Crippen molar-refractivity contribution in [1.29, 1.82) is 5.26 Å². The normalized spacial score (nSPS) is 14.2. The van der Waals surface area contributed by atoms with Gasteiger partial charge in [-0.25, -0.2) is 0 Å². The van der Waals surface area contributed by atoms with Crippen molar-refractivity contribution in [3.8, 4) is 6.07 Å². The fourth-order valence-electron chi connectivity index (χ4n) is 1.52. The first kappa shape index (κ1) is 12.1. The monoisotopic (exact) mass is 219 g/mol. The van der Waals surface area contributed by atoms with Crippen LogP contribution in [0.15, 0.2) is 35.2 Å². The van der Waals surface area contributed by atoms with Crippen LogP contribution in [0.3, 0.4) is 0 Å². The van der Waals surface area contributed by atoms with E-state index in [0.717, 1.165) is 12.8 Å². The van der Waals surface area contributed by atoms with Gasteiger partial charge in [0, 0.05) is 4.90 Å². The SMILES string of the molecule is CCCC(C)C(C#N)Sc1ccccc1. The van der Waals surface area contributed by atoms with Gasteiger partial charge in [0.05, 0.1) is 11.3 Å². The van der Waals surface area contributed by atoms with Gasteiger partial charge in [0.25, 0.3) is 0 Å². The fourth-order valence-corrected chi connectivity index (χ4v) is 2.55. The molecule has 2 heteroatoms. The predicted molar refractivity (Wildman–Crippen MR) is 65.8 cm³/mol. The number of nitrogens with zero attached hydrogens (tertiary/aromatic N) is 1. The summed E-state index contributed by atoms with van der Waals surface area (Å²) < 4.78 is 0. The Morgan fingerprint density at radius 3 is 2.53 bits per heavy atom. The van der Waals surface area contributed by atoms with Gasteiger partial charge in [-0.05, 0) is 24.5 Å². The maximum Gasteiger partial charge on any atom is 0.0989 e. The quantitative estimate of drug-likeness (QED) is 0.696. The molecule has 1 aromatic rings. The van der Waals surface area contributed by atoms with Gasteiger partial charge >= 0.3 is 0 Å². The molecule has 0 heterocycles. The average molecular weight is 219 g/mol. The highest BCUT2D eigenvalue weighted by Gasteiger charge is 2.16. The molecule has 0 amide bonds. The summed E-state index contributed by atoms with van der Waals surface area (Å²) in [6.45, 7) is 4.32.